The zero-order chi connectivity index (χ0) is 17.9. The zero-order valence-electron chi connectivity index (χ0n) is 14.7. The van der Waals surface area contributed by atoms with E-state index in [0.29, 0.717) is 12.4 Å². The first-order valence-corrected chi connectivity index (χ1v) is 9.51. The lowest BCUT2D eigenvalue weighted by Crippen LogP contribution is -2.19. The highest BCUT2D eigenvalue weighted by atomic mass is 32.2. The van der Waals surface area contributed by atoms with Crippen molar-refractivity contribution in [1.82, 2.24) is 5.43 Å². The van der Waals surface area contributed by atoms with Crippen LogP contribution in [0.25, 0.3) is 0 Å². The van der Waals surface area contributed by atoms with Crippen LogP contribution in [0.5, 0.6) is 5.75 Å². The minimum atomic E-state index is -0.101. The number of rotatable bonds is 9. The van der Waals surface area contributed by atoms with Gasteiger partial charge in [-0.3, -0.25) is 4.79 Å². The Morgan fingerprint density at radius 2 is 1.88 bits per heavy atom. The molecule has 25 heavy (non-hydrogen) atoms. The third-order valence-electron chi connectivity index (χ3n) is 3.38. The highest BCUT2D eigenvalue weighted by molar-refractivity contribution is 7.99. The third kappa shape index (κ3) is 7.44. The van der Waals surface area contributed by atoms with Gasteiger partial charge < -0.3 is 4.74 Å². The summed E-state index contributed by atoms with van der Waals surface area (Å²) in [5, 5.41) is 3.99. The molecule has 0 fully saturated rings. The fourth-order valence-corrected chi connectivity index (χ4v) is 2.81. The van der Waals surface area contributed by atoms with Crippen molar-refractivity contribution in [3.05, 3.63) is 65.2 Å². The number of carbonyl (C=O) groups is 1. The van der Waals surface area contributed by atoms with Crippen LogP contribution in [0.3, 0.4) is 0 Å². The van der Waals surface area contributed by atoms with Crippen molar-refractivity contribution in [2.75, 3.05) is 12.4 Å². The van der Waals surface area contributed by atoms with Crippen LogP contribution in [0.15, 0.2) is 53.6 Å². The van der Waals surface area contributed by atoms with Crippen LogP contribution in [0, 0.1) is 6.92 Å². The van der Waals surface area contributed by atoms with Crippen LogP contribution in [0.4, 0.5) is 0 Å². The number of hydrogen-bond acceptors (Lipinski definition) is 4. The van der Waals surface area contributed by atoms with E-state index in [9.17, 15) is 4.79 Å². The van der Waals surface area contributed by atoms with E-state index in [1.54, 1.807) is 18.0 Å². The second-order valence-corrected chi connectivity index (χ2v) is 6.67. The maximum absolute atomic E-state index is 11.8. The first kappa shape index (κ1) is 19.1. The quantitative estimate of drug-likeness (QED) is 0.542. The van der Waals surface area contributed by atoms with Gasteiger partial charge in [-0.15, -0.1) is 11.8 Å². The van der Waals surface area contributed by atoms with Crippen molar-refractivity contribution in [2.45, 2.75) is 26.0 Å². The Bertz CT molecular complexity index is 682. The molecule has 0 atom stereocenters. The summed E-state index contributed by atoms with van der Waals surface area (Å²) in [6, 6.07) is 16.0. The van der Waals surface area contributed by atoms with E-state index in [1.807, 2.05) is 24.3 Å². The molecular formula is C20H24N2O2S. The zero-order valence-corrected chi connectivity index (χ0v) is 15.5. The molecule has 2 aromatic carbocycles. The topological polar surface area (TPSA) is 50.7 Å². The number of hydrogen-bond donors (Lipinski definition) is 1. The predicted octanol–water partition coefficient (Wildman–Crippen LogP) is 4.17. The second-order valence-electron chi connectivity index (χ2n) is 5.69. The Morgan fingerprint density at radius 1 is 1.16 bits per heavy atom. The molecule has 0 bridgehead atoms. The summed E-state index contributed by atoms with van der Waals surface area (Å²) in [6.45, 7) is 4.85. The van der Waals surface area contributed by atoms with E-state index in [4.69, 9.17) is 4.74 Å². The van der Waals surface area contributed by atoms with Gasteiger partial charge in [0.05, 0.1) is 18.6 Å². The molecule has 1 N–H and O–H groups in total. The fourth-order valence-electron chi connectivity index (χ4n) is 2.03. The number of nitrogens with zero attached hydrogens (tertiary/aromatic N) is 1. The van der Waals surface area contributed by atoms with Crippen LogP contribution in [0.2, 0.25) is 0 Å². The second kappa shape index (κ2) is 10.6. The van der Waals surface area contributed by atoms with Gasteiger partial charge in [-0.2, -0.15) is 5.10 Å². The number of thioether (sulfide) groups is 1. The SMILES string of the molecule is CCCOc1ccc(/C=N\NC(=O)CSCc2ccc(C)cc2)cc1. The summed E-state index contributed by atoms with van der Waals surface area (Å²) in [6.07, 6.45) is 2.61. The molecule has 4 nitrogen and oxygen atoms in total. The van der Waals surface area contributed by atoms with Gasteiger partial charge in [-0.05, 0) is 48.7 Å². The Kier molecular flexibility index (Phi) is 8.05. The third-order valence-corrected chi connectivity index (χ3v) is 4.38. The molecular weight excluding hydrogens is 332 g/mol. The van der Waals surface area contributed by atoms with Gasteiger partial charge in [0.2, 0.25) is 5.91 Å². The Balaban J connectivity index is 1.68. The molecule has 132 valence electrons. The van der Waals surface area contributed by atoms with Crippen molar-refractivity contribution in [1.29, 1.82) is 0 Å². The number of benzene rings is 2. The van der Waals surface area contributed by atoms with E-state index in [0.717, 1.165) is 23.5 Å². The largest absolute Gasteiger partial charge is 0.494 e. The fraction of sp³-hybridized carbons (Fsp3) is 0.300. The summed E-state index contributed by atoms with van der Waals surface area (Å²) in [5.74, 6) is 1.94. The van der Waals surface area contributed by atoms with Crippen molar-refractivity contribution >= 4 is 23.9 Å². The molecule has 0 spiro atoms. The van der Waals surface area contributed by atoms with Gasteiger partial charge in [0, 0.05) is 5.75 Å². The number of carbonyl (C=O) groups excluding carboxylic acids is 1. The normalized spacial score (nSPS) is 10.8. The number of aryl methyl sites for hydroxylation is 1. The van der Waals surface area contributed by atoms with Crippen molar-refractivity contribution < 1.29 is 9.53 Å². The molecule has 5 heteroatoms. The van der Waals surface area contributed by atoms with E-state index < -0.39 is 0 Å². The van der Waals surface area contributed by atoms with Crippen LogP contribution in [-0.4, -0.2) is 24.5 Å². The maximum atomic E-state index is 11.8. The van der Waals surface area contributed by atoms with Crippen LogP contribution in [-0.2, 0) is 10.5 Å². The maximum Gasteiger partial charge on any atom is 0.250 e. The summed E-state index contributed by atoms with van der Waals surface area (Å²) in [7, 11) is 0. The first-order chi connectivity index (χ1) is 12.2. The van der Waals surface area contributed by atoms with Crippen molar-refractivity contribution in [3.8, 4) is 5.75 Å². The Hall–Kier alpha value is -2.27. The average Bonchev–Trinajstić information content (AvgIpc) is 2.63. The molecule has 0 aliphatic heterocycles. The van der Waals surface area contributed by atoms with Gasteiger partial charge in [0.15, 0.2) is 0 Å². The predicted molar refractivity (Wildman–Crippen MR) is 105 cm³/mol. The molecule has 2 aromatic rings. The highest BCUT2D eigenvalue weighted by Crippen LogP contribution is 2.13. The van der Waals surface area contributed by atoms with Crippen LogP contribution in [0.1, 0.15) is 30.0 Å². The van der Waals surface area contributed by atoms with Crippen LogP contribution >= 0.6 is 11.8 Å². The minimum absolute atomic E-state index is 0.101. The Morgan fingerprint density at radius 3 is 2.56 bits per heavy atom. The lowest BCUT2D eigenvalue weighted by molar-refractivity contribution is -0.118. The van der Waals surface area contributed by atoms with E-state index >= 15 is 0 Å². The molecule has 0 aliphatic rings. The summed E-state index contributed by atoms with van der Waals surface area (Å²) >= 11 is 1.57. The lowest BCUT2D eigenvalue weighted by atomic mass is 10.2. The van der Waals surface area contributed by atoms with Gasteiger partial charge in [-0.25, -0.2) is 5.43 Å². The Labute approximate surface area is 153 Å². The summed E-state index contributed by atoms with van der Waals surface area (Å²) in [5.41, 5.74) is 5.93. The number of ether oxygens (including phenoxy) is 1. The number of amides is 1. The van der Waals surface area contributed by atoms with Crippen molar-refractivity contribution in [2.24, 2.45) is 5.10 Å². The number of hydrazone groups is 1. The van der Waals surface area contributed by atoms with E-state index in [1.165, 1.54) is 11.1 Å². The summed E-state index contributed by atoms with van der Waals surface area (Å²) in [4.78, 5) is 11.8. The van der Waals surface area contributed by atoms with Gasteiger partial charge >= 0.3 is 0 Å². The average molecular weight is 356 g/mol. The van der Waals surface area contributed by atoms with Crippen molar-refractivity contribution in [3.63, 3.8) is 0 Å². The minimum Gasteiger partial charge on any atom is -0.494 e. The number of nitrogens with one attached hydrogen (secondary N) is 1. The molecule has 1 amide bonds. The molecule has 2 rings (SSSR count). The molecule has 0 radical (unpaired) electrons. The van der Waals surface area contributed by atoms with E-state index in [-0.39, 0.29) is 5.91 Å². The monoisotopic (exact) mass is 356 g/mol. The molecule has 0 aromatic heterocycles. The van der Waals surface area contributed by atoms with Gasteiger partial charge in [0.1, 0.15) is 5.75 Å². The molecule has 0 heterocycles. The standard InChI is InChI=1S/C20H24N2O2S/c1-3-12-24-19-10-8-17(9-11-19)13-21-22-20(23)15-25-14-18-6-4-16(2)5-7-18/h4-11,13H,3,12,14-15H2,1-2H3,(H,22,23)/b21-13-. The molecule has 0 saturated heterocycles. The molecule has 0 aliphatic carbocycles. The first-order valence-electron chi connectivity index (χ1n) is 8.35. The van der Waals surface area contributed by atoms with E-state index in [2.05, 4.69) is 48.6 Å². The molecule has 0 saturated carbocycles. The lowest BCUT2D eigenvalue weighted by Gasteiger charge is -2.04. The van der Waals surface area contributed by atoms with Crippen LogP contribution < -0.4 is 10.2 Å². The smallest absolute Gasteiger partial charge is 0.250 e. The summed E-state index contributed by atoms with van der Waals surface area (Å²) < 4.78 is 5.52. The highest BCUT2D eigenvalue weighted by Gasteiger charge is 2.01. The van der Waals surface area contributed by atoms with Gasteiger partial charge in [0.25, 0.3) is 0 Å². The van der Waals surface area contributed by atoms with Gasteiger partial charge in [-0.1, -0.05) is 36.8 Å². The molecule has 0 unspecified atom stereocenters.